The third-order valence-electron chi connectivity index (χ3n) is 1.11. The molecule has 1 heterocycles. The fourth-order valence-corrected chi connectivity index (χ4v) is 0.674. The Hall–Kier alpha value is -0.150. The van der Waals surface area contributed by atoms with Gasteiger partial charge < -0.3 is 5.11 Å². The van der Waals surface area contributed by atoms with E-state index in [0.29, 0.717) is 6.61 Å². The van der Waals surface area contributed by atoms with Crippen molar-refractivity contribution in [2.75, 3.05) is 6.61 Å². The van der Waals surface area contributed by atoms with Gasteiger partial charge in [0.25, 0.3) is 0 Å². The summed E-state index contributed by atoms with van der Waals surface area (Å²) in [4.78, 5) is 4.05. The Bertz CT molecular complexity index is 167. The van der Waals surface area contributed by atoms with Crippen molar-refractivity contribution in [3.63, 3.8) is 0 Å². The van der Waals surface area contributed by atoms with Crippen molar-refractivity contribution in [3.8, 4) is 0 Å². The van der Waals surface area contributed by atoms with Gasteiger partial charge in [0.15, 0.2) is 0 Å². The standard InChI is InChI=1S/C7H9NO.Au/c9-6-4-7-3-1-2-5-8-7;/h1-3,5,9H,4,6H2;/q;+3/p+1. The smallest absolute Gasteiger partial charge is 0.445 e. The molecular formula is C7H10AuNO+4. The fraction of sp³-hybridized carbons (Fsp3) is 0.286. The zero-order valence-electron chi connectivity index (χ0n) is 5.47. The van der Waals surface area contributed by atoms with Crippen LogP contribution in [0.3, 0.4) is 0 Å². The number of rotatable bonds is 2. The van der Waals surface area contributed by atoms with Crippen LogP contribution in [0.1, 0.15) is 5.69 Å². The molecule has 0 saturated heterocycles. The van der Waals surface area contributed by atoms with Gasteiger partial charge in [0.05, 0.1) is 6.42 Å². The van der Waals surface area contributed by atoms with Crippen molar-refractivity contribution >= 4 is 0 Å². The second-order valence-electron chi connectivity index (χ2n) is 1.82. The van der Waals surface area contributed by atoms with Gasteiger partial charge in [-0.2, -0.15) is 0 Å². The molecule has 2 N–H and O–H groups in total. The number of hydrogen-bond acceptors (Lipinski definition) is 1. The Labute approximate surface area is 75.8 Å². The second-order valence-corrected chi connectivity index (χ2v) is 1.82. The summed E-state index contributed by atoms with van der Waals surface area (Å²) in [5, 5.41) is 6.90. The van der Waals surface area contributed by atoms with E-state index in [1.807, 2.05) is 18.2 Å². The molecule has 0 fully saturated rings. The predicted octanol–water partition coefficient (Wildman–Crippen LogP) is 0.346. The Morgan fingerprint density at radius 2 is 2.20 bits per heavy atom. The maximum atomic E-state index is 6.90. The van der Waals surface area contributed by atoms with Gasteiger partial charge in [-0.25, -0.2) is 0 Å². The van der Waals surface area contributed by atoms with E-state index in [0.717, 1.165) is 12.1 Å². The molecule has 1 rings (SSSR count). The van der Waals surface area contributed by atoms with E-state index in [-0.39, 0.29) is 22.4 Å². The van der Waals surface area contributed by atoms with Crippen LogP contribution < -0.4 is 0 Å². The topological polar surface area (TPSA) is 35.8 Å². The maximum Gasteiger partial charge on any atom is 3.00 e. The molecule has 0 bridgehead atoms. The van der Waals surface area contributed by atoms with Crippen LogP contribution in [0.2, 0.25) is 0 Å². The van der Waals surface area contributed by atoms with E-state index in [1.54, 1.807) is 6.20 Å². The first-order chi connectivity index (χ1) is 4.43. The zero-order valence-corrected chi connectivity index (χ0v) is 7.64. The Kier molecular flexibility index (Phi) is 5.54. The molecule has 1 aromatic heterocycles. The summed E-state index contributed by atoms with van der Waals surface area (Å²) in [6.45, 7) is 0.428. The van der Waals surface area contributed by atoms with Crippen molar-refractivity contribution in [1.82, 2.24) is 4.98 Å². The molecule has 0 aliphatic heterocycles. The van der Waals surface area contributed by atoms with E-state index in [2.05, 4.69) is 4.98 Å². The van der Waals surface area contributed by atoms with Gasteiger partial charge >= 0.3 is 22.4 Å². The summed E-state index contributed by atoms with van der Waals surface area (Å²) < 4.78 is 0. The van der Waals surface area contributed by atoms with Crippen LogP contribution >= 0.6 is 0 Å². The van der Waals surface area contributed by atoms with Crippen molar-refractivity contribution < 1.29 is 27.5 Å². The first-order valence-electron chi connectivity index (χ1n) is 2.98. The van der Waals surface area contributed by atoms with Crippen LogP contribution in [0, 0.1) is 0 Å². The SMILES string of the molecule is [Au+3].[OH2+]CCc1ccccn1. The Morgan fingerprint density at radius 3 is 2.70 bits per heavy atom. The van der Waals surface area contributed by atoms with Crippen LogP contribution in [0.15, 0.2) is 24.4 Å². The summed E-state index contributed by atoms with van der Waals surface area (Å²) in [5.74, 6) is 0. The van der Waals surface area contributed by atoms with Gasteiger partial charge in [0.2, 0.25) is 0 Å². The van der Waals surface area contributed by atoms with Crippen molar-refractivity contribution in [1.29, 1.82) is 0 Å². The number of aromatic nitrogens is 1. The monoisotopic (exact) mass is 321 g/mol. The molecule has 10 heavy (non-hydrogen) atoms. The quantitative estimate of drug-likeness (QED) is 0.572. The number of pyridine rings is 1. The Balaban J connectivity index is 0.000000810. The second kappa shape index (κ2) is 5.62. The average molecular weight is 321 g/mol. The predicted molar refractivity (Wildman–Crippen MR) is 36.4 cm³/mol. The normalized spacial score (nSPS) is 8.50. The van der Waals surface area contributed by atoms with Gasteiger partial charge in [0, 0.05) is 11.9 Å². The molecule has 0 saturated carbocycles. The molecule has 0 aliphatic carbocycles. The molecule has 3 heteroatoms. The van der Waals surface area contributed by atoms with E-state index in [9.17, 15) is 0 Å². The summed E-state index contributed by atoms with van der Waals surface area (Å²) >= 11 is 0. The Morgan fingerprint density at radius 1 is 1.40 bits per heavy atom. The zero-order chi connectivity index (χ0) is 6.53. The van der Waals surface area contributed by atoms with Crippen molar-refractivity contribution in [2.45, 2.75) is 6.42 Å². The van der Waals surface area contributed by atoms with Crippen LogP contribution in [0.25, 0.3) is 0 Å². The number of nitrogens with zero attached hydrogens (tertiary/aromatic N) is 1. The van der Waals surface area contributed by atoms with Crippen LogP contribution in [-0.4, -0.2) is 16.7 Å². The summed E-state index contributed by atoms with van der Waals surface area (Å²) in [6, 6.07) is 5.76. The molecule has 0 aromatic carbocycles. The minimum atomic E-state index is 0. The molecule has 0 amide bonds. The van der Waals surface area contributed by atoms with E-state index < -0.39 is 0 Å². The summed E-state index contributed by atoms with van der Waals surface area (Å²) in [7, 11) is 0. The van der Waals surface area contributed by atoms with E-state index >= 15 is 0 Å². The van der Waals surface area contributed by atoms with E-state index in [1.165, 1.54) is 0 Å². The summed E-state index contributed by atoms with van der Waals surface area (Å²) in [5.41, 5.74) is 1.01. The molecule has 2 nitrogen and oxygen atoms in total. The van der Waals surface area contributed by atoms with Crippen LogP contribution in [0.5, 0.6) is 0 Å². The minimum absolute atomic E-state index is 0. The average Bonchev–Trinajstić information content (AvgIpc) is 1.91. The third-order valence-corrected chi connectivity index (χ3v) is 1.11. The van der Waals surface area contributed by atoms with Gasteiger partial charge in [-0.3, -0.25) is 4.98 Å². The molecule has 0 unspecified atom stereocenters. The third kappa shape index (κ3) is 3.13. The maximum absolute atomic E-state index is 6.90. The van der Waals surface area contributed by atoms with E-state index in [4.69, 9.17) is 5.11 Å². The fourth-order valence-electron chi connectivity index (χ4n) is 0.674. The molecule has 0 spiro atoms. The minimum Gasteiger partial charge on any atom is -0.445 e. The first-order valence-corrected chi connectivity index (χ1v) is 2.98. The molecule has 0 aliphatic rings. The van der Waals surface area contributed by atoms with Crippen molar-refractivity contribution in [2.24, 2.45) is 0 Å². The summed E-state index contributed by atoms with van der Waals surface area (Å²) in [6.07, 6.45) is 2.52. The van der Waals surface area contributed by atoms with Crippen LogP contribution in [-0.2, 0) is 28.8 Å². The van der Waals surface area contributed by atoms with Gasteiger partial charge in [-0.05, 0) is 12.1 Å². The molecular weight excluding hydrogens is 311 g/mol. The van der Waals surface area contributed by atoms with Crippen LogP contribution in [0.4, 0.5) is 0 Å². The largest absolute Gasteiger partial charge is 3.00 e. The molecule has 0 radical (unpaired) electrons. The van der Waals surface area contributed by atoms with Gasteiger partial charge in [0.1, 0.15) is 6.61 Å². The van der Waals surface area contributed by atoms with Crippen molar-refractivity contribution in [3.05, 3.63) is 30.1 Å². The first kappa shape index (κ1) is 9.85. The molecule has 56 valence electrons. The molecule has 0 atom stereocenters. The van der Waals surface area contributed by atoms with Gasteiger partial charge in [-0.1, -0.05) is 6.07 Å². The number of hydrogen-bond donors (Lipinski definition) is 0. The molecule has 1 aromatic rings. The van der Waals surface area contributed by atoms with Gasteiger partial charge in [-0.15, -0.1) is 0 Å².